The van der Waals surface area contributed by atoms with Gasteiger partial charge in [-0.2, -0.15) is 11.8 Å². The quantitative estimate of drug-likeness (QED) is 0.827. The third-order valence-electron chi connectivity index (χ3n) is 4.45. The van der Waals surface area contributed by atoms with Gasteiger partial charge in [-0.25, -0.2) is 4.98 Å². The maximum Gasteiger partial charge on any atom is 0.259 e. The Morgan fingerprint density at radius 2 is 2.12 bits per heavy atom. The third-order valence-corrected chi connectivity index (χ3v) is 5.76. The van der Waals surface area contributed by atoms with E-state index in [-0.39, 0.29) is 5.91 Å². The first-order valence-corrected chi connectivity index (χ1v) is 9.79. The number of carbonyl (C=O) groups excluding carboxylic acids is 1. The zero-order valence-electron chi connectivity index (χ0n) is 14.8. The molecule has 132 valence electrons. The molecule has 1 aromatic carbocycles. The van der Waals surface area contributed by atoms with Gasteiger partial charge in [0.05, 0.1) is 6.61 Å². The Morgan fingerprint density at radius 3 is 2.92 bits per heavy atom. The second-order valence-corrected chi connectivity index (χ2v) is 7.40. The van der Waals surface area contributed by atoms with Gasteiger partial charge in [-0.3, -0.25) is 4.79 Å². The van der Waals surface area contributed by atoms with Crippen LogP contribution in [0.25, 0.3) is 0 Å². The minimum absolute atomic E-state index is 0.0163. The third kappa shape index (κ3) is 4.15. The largest absolute Gasteiger partial charge is 0.477 e. The molecule has 1 amide bonds. The number of pyridine rings is 1. The van der Waals surface area contributed by atoms with Gasteiger partial charge in [-0.15, -0.1) is 0 Å². The molecule has 2 heterocycles. The molecule has 1 aliphatic heterocycles. The monoisotopic (exact) mass is 356 g/mol. The summed E-state index contributed by atoms with van der Waals surface area (Å²) in [5, 5.41) is 0.444. The highest BCUT2D eigenvalue weighted by atomic mass is 32.2. The number of amides is 1. The van der Waals surface area contributed by atoms with E-state index in [0.717, 1.165) is 25.3 Å². The first kappa shape index (κ1) is 17.8. The molecule has 0 aliphatic carbocycles. The summed E-state index contributed by atoms with van der Waals surface area (Å²) in [7, 11) is 0. The Bertz CT molecular complexity index is 735. The average molecular weight is 356 g/mol. The van der Waals surface area contributed by atoms with Crippen molar-refractivity contribution >= 4 is 17.7 Å². The molecule has 3 rings (SSSR count). The summed E-state index contributed by atoms with van der Waals surface area (Å²) in [6.45, 7) is 6.08. The van der Waals surface area contributed by atoms with E-state index in [1.165, 1.54) is 11.1 Å². The topological polar surface area (TPSA) is 42.4 Å². The number of nitrogens with zero attached hydrogens (tertiary/aromatic N) is 2. The fourth-order valence-corrected chi connectivity index (χ4v) is 4.47. The molecule has 0 radical (unpaired) electrons. The normalized spacial score (nSPS) is 17.8. The fourth-order valence-electron chi connectivity index (χ4n) is 3.15. The van der Waals surface area contributed by atoms with E-state index in [9.17, 15) is 4.79 Å². The van der Waals surface area contributed by atoms with E-state index in [1.54, 1.807) is 18.3 Å². The first-order valence-electron chi connectivity index (χ1n) is 8.75. The van der Waals surface area contributed by atoms with Crippen LogP contribution in [0.5, 0.6) is 5.88 Å². The van der Waals surface area contributed by atoms with Crippen molar-refractivity contribution in [2.45, 2.75) is 25.5 Å². The SMILES string of the molecule is CCOc1ncccc1C(=O)N1CCSC(c2ccccc2C)CC1. The van der Waals surface area contributed by atoms with Crippen LogP contribution in [0, 0.1) is 6.92 Å². The summed E-state index contributed by atoms with van der Waals surface area (Å²) in [4.78, 5) is 19.1. The Hall–Kier alpha value is -2.01. The van der Waals surface area contributed by atoms with Crippen molar-refractivity contribution in [2.24, 2.45) is 0 Å². The van der Waals surface area contributed by atoms with E-state index in [4.69, 9.17) is 4.74 Å². The maximum atomic E-state index is 13.0. The highest BCUT2D eigenvalue weighted by molar-refractivity contribution is 7.99. The maximum absolute atomic E-state index is 13.0. The van der Waals surface area contributed by atoms with Crippen LogP contribution in [-0.2, 0) is 0 Å². The number of rotatable bonds is 4. The average Bonchev–Trinajstić information content (AvgIpc) is 2.88. The van der Waals surface area contributed by atoms with Crippen molar-refractivity contribution in [3.8, 4) is 5.88 Å². The zero-order valence-corrected chi connectivity index (χ0v) is 15.6. The van der Waals surface area contributed by atoms with Crippen LogP contribution < -0.4 is 4.74 Å². The van der Waals surface area contributed by atoms with Gasteiger partial charge >= 0.3 is 0 Å². The van der Waals surface area contributed by atoms with Gasteiger partial charge < -0.3 is 9.64 Å². The predicted octanol–water partition coefficient (Wildman–Crippen LogP) is 4.11. The summed E-state index contributed by atoms with van der Waals surface area (Å²) in [6, 6.07) is 12.1. The van der Waals surface area contributed by atoms with Crippen molar-refractivity contribution < 1.29 is 9.53 Å². The van der Waals surface area contributed by atoms with Crippen LogP contribution in [0.4, 0.5) is 0 Å². The van der Waals surface area contributed by atoms with Gasteiger partial charge in [-0.1, -0.05) is 24.3 Å². The van der Waals surface area contributed by atoms with Crippen LogP contribution in [0.1, 0.15) is 40.1 Å². The molecule has 4 nitrogen and oxygen atoms in total. The highest BCUT2D eigenvalue weighted by Crippen LogP contribution is 2.36. The predicted molar refractivity (Wildman–Crippen MR) is 102 cm³/mol. The minimum Gasteiger partial charge on any atom is -0.477 e. The molecule has 1 atom stereocenters. The number of ether oxygens (including phenoxy) is 1. The number of aromatic nitrogens is 1. The Labute approximate surface area is 153 Å². The van der Waals surface area contributed by atoms with Gasteiger partial charge in [0.25, 0.3) is 5.91 Å². The molecular weight excluding hydrogens is 332 g/mol. The molecule has 25 heavy (non-hydrogen) atoms. The van der Waals surface area contributed by atoms with Crippen LogP contribution in [0.15, 0.2) is 42.6 Å². The summed E-state index contributed by atoms with van der Waals surface area (Å²) in [5.74, 6) is 1.39. The summed E-state index contributed by atoms with van der Waals surface area (Å²) in [5.41, 5.74) is 3.27. The number of carbonyl (C=O) groups is 1. The van der Waals surface area contributed by atoms with Crippen LogP contribution in [-0.4, -0.2) is 41.2 Å². The lowest BCUT2D eigenvalue weighted by molar-refractivity contribution is 0.0761. The van der Waals surface area contributed by atoms with E-state index < -0.39 is 0 Å². The second kappa shape index (κ2) is 8.39. The van der Waals surface area contributed by atoms with Crippen LogP contribution in [0.3, 0.4) is 0 Å². The molecule has 1 unspecified atom stereocenters. The van der Waals surface area contributed by atoms with Crippen LogP contribution in [0.2, 0.25) is 0 Å². The zero-order chi connectivity index (χ0) is 17.6. The summed E-state index contributed by atoms with van der Waals surface area (Å²) < 4.78 is 5.52. The number of benzene rings is 1. The Kier molecular flexibility index (Phi) is 5.97. The molecule has 5 heteroatoms. The molecule has 1 fully saturated rings. The van der Waals surface area contributed by atoms with Gasteiger partial charge in [0, 0.05) is 30.3 Å². The van der Waals surface area contributed by atoms with Gasteiger partial charge in [0.15, 0.2) is 0 Å². The number of hydrogen-bond acceptors (Lipinski definition) is 4. The van der Waals surface area contributed by atoms with Crippen molar-refractivity contribution in [2.75, 3.05) is 25.4 Å². The van der Waals surface area contributed by atoms with E-state index >= 15 is 0 Å². The van der Waals surface area contributed by atoms with E-state index in [2.05, 4.69) is 36.2 Å². The molecule has 1 aromatic heterocycles. The van der Waals surface area contributed by atoms with Gasteiger partial charge in [-0.05, 0) is 43.5 Å². The molecule has 1 saturated heterocycles. The Balaban J connectivity index is 1.73. The number of thioether (sulfide) groups is 1. The lowest BCUT2D eigenvalue weighted by Gasteiger charge is -2.21. The molecule has 2 aromatic rings. The highest BCUT2D eigenvalue weighted by Gasteiger charge is 2.25. The fraction of sp³-hybridized carbons (Fsp3) is 0.400. The molecule has 0 N–H and O–H groups in total. The van der Waals surface area contributed by atoms with Crippen molar-refractivity contribution in [1.29, 1.82) is 0 Å². The van der Waals surface area contributed by atoms with E-state index in [0.29, 0.717) is 23.3 Å². The first-order chi connectivity index (χ1) is 12.2. The summed E-state index contributed by atoms with van der Waals surface area (Å²) >= 11 is 1.94. The molecule has 1 aliphatic rings. The second-order valence-electron chi connectivity index (χ2n) is 6.09. The van der Waals surface area contributed by atoms with Crippen LogP contribution >= 0.6 is 11.8 Å². The molecule has 0 spiro atoms. The van der Waals surface area contributed by atoms with Gasteiger partial charge in [0.2, 0.25) is 5.88 Å². The number of aryl methyl sites for hydroxylation is 1. The molecule has 0 saturated carbocycles. The van der Waals surface area contributed by atoms with E-state index in [1.807, 2.05) is 23.6 Å². The van der Waals surface area contributed by atoms with Crippen molar-refractivity contribution in [1.82, 2.24) is 9.88 Å². The van der Waals surface area contributed by atoms with Crippen molar-refractivity contribution in [3.63, 3.8) is 0 Å². The molecular formula is C20H24N2O2S. The number of hydrogen-bond donors (Lipinski definition) is 0. The lowest BCUT2D eigenvalue weighted by Crippen LogP contribution is -2.33. The lowest BCUT2D eigenvalue weighted by atomic mass is 10.0. The minimum atomic E-state index is 0.0163. The standard InChI is InChI=1S/C20H24N2O2S/c1-3-24-19-17(9-6-11-21-19)20(23)22-12-10-18(25-14-13-22)16-8-5-4-7-15(16)2/h4-9,11,18H,3,10,12-14H2,1-2H3. The Morgan fingerprint density at radius 1 is 1.28 bits per heavy atom. The molecule has 0 bridgehead atoms. The van der Waals surface area contributed by atoms with Crippen molar-refractivity contribution in [3.05, 3.63) is 59.3 Å². The summed E-state index contributed by atoms with van der Waals surface area (Å²) in [6.07, 6.45) is 2.62. The van der Waals surface area contributed by atoms with Gasteiger partial charge in [0.1, 0.15) is 5.56 Å². The smallest absolute Gasteiger partial charge is 0.259 e.